The first-order valence-corrected chi connectivity index (χ1v) is 8.52. The normalized spacial score (nSPS) is 23.9. The summed E-state index contributed by atoms with van der Waals surface area (Å²) < 4.78 is 6.21. The topological polar surface area (TPSA) is 21.3 Å². The van der Waals surface area contributed by atoms with Gasteiger partial charge in [0.15, 0.2) is 0 Å². The standard InChI is InChI=1S/C19H27NO/c1-2-20-18(16-10-5-3-4-6-11-16)19-17-12-8-7-9-15(17)13-14-21-19/h7-10,12,18-20H,2-6,11,13-14H2,1H3. The molecule has 3 rings (SSSR count). The Labute approximate surface area is 128 Å². The molecule has 2 atom stereocenters. The van der Waals surface area contributed by atoms with Crippen LogP contribution in [0.5, 0.6) is 0 Å². The molecule has 114 valence electrons. The molecule has 0 aromatic heterocycles. The molecule has 0 radical (unpaired) electrons. The van der Waals surface area contributed by atoms with Gasteiger partial charge in [-0.25, -0.2) is 0 Å². The van der Waals surface area contributed by atoms with Crippen molar-refractivity contribution in [1.29, 1.82) is 0 Å². The maximum atomic E-state index is 6.21. The highest BCUT2D eigenvalue weighted by Crippen LogP contribution is 2.34. The lowest BCUT2D eigenvalue weighted by atomic mass is 9.88. The summed E-state index contributed by atoms with van der Waals surface area (Å²) in [6, 6.07) is 9.14. The van der Waals surface area contributed by atoms with Gasteiger partial charge in [0.05, 0.1) is 12.6 Å². The van der Waals surface area contributed by atoms with Crippen molar-refractivity contribution < 1.29 is 4.74 Å². The van der Waals surface area contributed by atoms with Crippen LogP contribution >= 0.6 is 0 Å². The predicted molar refractivity (Wildman–Crippen MR) is 87.5 cm³/mol. The van der Waals surface area contributed by atoms with E-state index in [1.807, 2.05) is 0 Å². The molecule has 0 bridgehead atoms. The van der Waals surface area contributed by atoms with Gasteiger partial charge in [-0.1, -0.05) is 49.3 Å². The van der Waals surface area contributed by atoms with Crippen LogP contribution < -0.4 is 5.32 Å². The van der Waals surface area contributed by atoms with Gasteiger partial charge in [-0.2, -0.15) is 0 Å². The van der Waals surface area contributed by atoms with E-state index in [1.54, 1.807) is 5.57 Å². The summed E-state index contributed by atoms with van der Waals surface area (Å²) in [6.45, 7) is 4.03. The molecule has 1 aliphatic carbocycles. The number of ether oxygens (including phenoxy) is 1. The average molecular weight is 285 g/mol. The van der Waals surface area contributed by atoms with Crippen LogP contribution in [0.4, 0.5) is 0 Å². The van der Waals surface area contributed by atoms with E-state index in [9.17, 15) is 0 Å². The minimum Gasteiger partial charge on any atom is -0.371 e. The fourth-order valence-corrected chi connectivity index (χ4v) is 3.68. The molecule has 1 heterocycles. The van der Waals surface area contributed by atoms with Gasteiger partial charge in [-0.3, -0.25) is 0 Å². The number of likely N-dealkylation sites (N-methyl/N-ethyl adjacent to an activating group) is 1. The number of hydrogen-bond donors (Lipinski definition) is 1. The second-order valence-corrected chi connectivity index (χ2v) is 6.15. The lowest BCUT2D eigenvalue weighted by Crippen LogP contribution is -2.39. The molecule has 0 saturated carbocycles. The first-order chi connectivity index (χ1) is 10.4. The average Bonchev–Trinajstić information content (AvgIpc) is 2.81. The van der Waals surface area contributed by atoms with Gasteiger partial charge in [-0.05, 0) is 49.8 Å². The van der Waals surface area contributed by atoms with Crippen LogP contribution in [0.3, 0.4) is 0 Å². The van der Waals surface area contributed by atoms with Crippen molar-refractivity contribution in [2.24, 2.45) is 0 Å². The van der Waals surface area contributed by atoms with Gasteiger partial charge in [0, 0.05) is 0 Å². The van der Waals surface area contributed by atoms with Gasteiger partial charge in [0.2, 0.25) is 0 Å². The van der Waals surface area contributed by atoms with Crippen molar-refractivity contribution in [3.05, 3.63) is 47.0 Å². The van der Waals surface area contributed by atoms with Crippen LogP contribution in [0.1, 0.15) is 56.3 Å². The number of hydrogen-bond acceptors (Lipinski definition) is 2. The summed E-state index contributed by atoms with van der Waals surface area (Å²) in [5, 5.41) is 3.70. The van der Waals surface area contributed by atoms with Crippen molar-refractivity contribution in [1.82, 2.24) is 5.32 Å². The Balaban J connectivity index is 1.89. The monoisotopic (exact) mass is 285 g/mol. The SMILES string of the molecule is CCNC(C1=CCCCCC1)C1OCCc2ccccc21. The van der Waals surface area contributed by atoms with Crippen molar-refractivity contribution in [3.63, 3.8) is 0 Å². The summed E-state index contributed by atoms with van der Waals surface area (Å²) >= 11 is 0. The summed E-state index contributed by atoms with van der Waals surface area (Å²) in [7, 11) is 0. The van der Waals surface area contributed by atoms with Crippen molar-refractivity contribution >= 4 is 0 Å². The van der Waals surface area contributed by atoms with E-state index in [4.69, 9.17) is 4.74 Å². The number of allylic oxidation sites excluding steroid dienone is 1. The molecule has 2 unspecified atom stereocenters. The zero-order valence-corrected chi connectivity index (χ0v) is 13.1. The van der Waals surface area contributed by atoms with Gasteiger partial charge < -0.3 is 10.1 Å². The van der Waals surface area contributed by atoms with E-state index in [0.717, 1.165) is 19.6 Å². The zero-order valence-electron chi connectivity index (χ0n) is 13.1. The largest absolute Gasteiger partial charge is 0.371 e. The van der Waals surface area contributed by atoms with Crippen LogP contribution in [-0.4, -0.2) is 19.2 Å². The molecule has 0 spiro atoms. The van der Waals surface area contributed by atoms with E-state index in [1.165, 1.54) is 43.2 Å². The lowest BCUT2D eigenvalue weighted by Gasteiger charge is -2.34. The number of rotatable bonds is 4. The molecule has 1 aromatic rings. The summed E-state index contributed by atoms with van der Waals surface area (Å²) in [5.74, 6) is 0. The number of nitrogens with one attached hydrogen (secondary N) is 1. The molecule has 0 fully saturated rings. The maximum Gasteiger partial charge on any atom is 0.102 e. The molecule has 21 heavy (non-hydrogen) atoms. The first kappa shape index (κ1) is 14.8. The molecular weight excluding hydrogens is 258 g/mol. The second-order valence-electron chi connectivity index (χ2n) is 6.15. The Hall–Kier alpha value is -1.12. The Kier molecular flexibility index (Phi) is 5.10. The Morgan fingerprint density at radius 3 is 3.00 bits per heavy atom. The van der Waals surface area contributed by atoms with Gasteiger partial charge >= 0.3 is 0 Å². The van der Waals surface area contributed by atoms with Gasteiger partial charge in [0.1, 0.15) is 6.10 Å². The van der Waals surface area contributed by atoms with Crippen LogP contribution in [0.15, 0.2) is 35.9 Å². The third-order valence-electron chi connectivity index (χ3n) is 4.73. The Morgan fingerprint density at radius 2 is 2.10 bits per heavy atom. The van der Waals surface area contributed by atoms with E-state index >= 15 is 0 Å². The van der Waals surface area contributed by atoms with Gasteiger partial charge in [0.25, 0.3) is 0 Å². The predicted octanol–water partition coefficient (Wildman–Crippen LogP) is 4.17. The molecule has 1 N–H and O–H groups in total. The van der Waals surface area contributed by atoms with E-state index in [2.05, 4.69) is 42.6 Å². The zero-order chi connectivity index (χ0) is 14.5. The molecule has 0 saturated heterocycles. The number of fused-ring (bicyclic) bond motifs is 1. The fourth-order valence-electron chi connectivity index (χ4n) is 3.68. The smallest absolute Gasteiger partial charge is 0.102 e. The minimum absolute atomic E-state index is 0.180. The third kappa shape index (κ3) is 3.38. The molecule has 1 aliphatic heterocycles. The molecule has 0 amide bonds. The number of benzene rings is 1. The molecular formula is C19H27NO. The fraction of sp³-hybridized carbons (Fsp3) is 0.579. The quantitative estimate of drug-likeness (QED) is 0.838. The summed E-state index contributed by atoms with van der Waals surface area (Å²) in [5.41, 5.74) is 4.42. The van der Waals surface area contributed by atoms with E-state index in [-0.39, 0.29) is 6.10 Å². The van der Waals surface area contributed by atoms with E-state index in [0.29, 0.717) is 6.04 Å². The molecule has 2 nitrogen and oxygen atoms in total. The second kappa shape index (κ2) is 7.24. The first-order valence-electron chi connectivity index (χ1n) is 8.52. The van der Waals surface area contributed by atoms with Crippen molar-refractivity contribution in [3.8, 4) is 0 Å². The Bertz CT molecular complexity index is 494. The summed E-state index contributed by atoms with van der Waals surface area (Å²) in [6.07, 6.45) is 10.2. The maximum absolute atomic E-state index is 6.21. The van der Waals surface area contributed by atoms with Crippen LogP contribution in [0.25, 0.3) is 0 Å². The Morgan fingerprint density at radius 1 is 1.19 bits per heavy atom. The van der Waals surface area contributed by atoms with E-state index < -0.39 is 0 Å². The minimum atomic E-state index is 0.180. The van der Waals surface area contributed by atoms with Crippen molar-refractivity contribution in [2.45, 2.75) is 57.6 Å². The van der Waals surface area contributed by atoms with Crippen LogP contribution in [0.2, 0.25) is 0 Å². The van der Waals surface area contributed by atoms with Crippen LogP contribution in [-0.2, 0) is 11.2 Å². The molecule has 2 heteroatoms. The van der Waals surface area contributed by atoms with Gasteiger partial charge in [-0.15, -0.1) is 0 Å². The van der Waals surface area contributed by atoms with Crippen molar-refractivity contribution in [2.75, 3.05) is 13.2 Å². The highest BCUT2D eigenvalue weighted by Gasteiger charge is 2.30. The molecule has 2 aliphatic rings. The third-order valence-corrected chi connectivity index (χ3v) is 4.73. The molecule has 1 aromatic carbocycles. The summed E-state index contributed by atoms with van der Waals surface area (Å²) in [4.78, 5) is 0. The van der Waals surface area contributed by atoms with Crippen LogP contribution in [0, 0.1) is 0 Å². The highest BCUT2D eigenvalue weighted by molar-refractivity contribution is 5.34. The lowest BCUT2D eigenvalue weighted by molar-refractivity contribution is 0.0234. The highest BCUT2D eigenvalue weighted by atomic mass is 16.5.